The van der Waals surface area contributed by atoms with Gasteiger partial charge in [-0.2, -0.15) is 0 Å². The van der Waals surface area contributed by atoms with Crippen molar-refractivity contribution in [1.82, 2.24) is 4.98 Å². The Morgan fingerprint density at radius 1 is 0.920 bits per heavy atom. The zero-order valence-corrected chi connectivity index (χ0v) is 15.0. The summed E-state index contributed by atoms with van der Waals surface area (Å²) in [6, 6.07) is 10.9. The lowest BCUT2D eigenvalue weighted by atomic mass is 10.1. The van der Waals surface area contributed by atoms with Crippen LogP contribution in [0.1, 0.15) is 18.1 Å². The third-order valence-corrected chi connectivity index (χ3v) is 4.63. The molecule has 3 rings (SSSR count). The first-order valence-corrected chi connectivity index (χ1v) is 8.56. The second kappa shape index (κ2) is 6.90. The summed E-state index contributed by atoms with van der Waals surface area (Å²) in [7, 11) is 0. The van der Waals surface area contributed by atoms with Crippen molar-refractivity contribution < 1.29 is 9.59 Å². The first kappa shape index (κ1) is 16.9. The van der Waals surface area contributed by atoms with Crippen LogP contribution in [0.3, 0.4) is 0 Å². The van der Waals surface area contributed by atoms with Crippen molar-refractivity contribution in [3.05, 3.63) is 47.5 Å². The minimum absolute atomic E-state index is 0.162. The molecule has 0 bridgehead atoms. The van der Waals surface area contributed by atoms with Crippen LogP contribution in [0.15, 0.2) is 36.4 Å². The van der Waals surface area contributed by atoms with Crippen LogP contribution in [0, 0.1) is 13.8 Å². The molecule has 0 atom stereocenters. The maximum atomic E-state index is 12.2. The molecule has 3 aromatic rings. The number of carbonyl (C=O) groups is 2. The number of hydrogen-bond donors (Lipinski definition) is 3. The van der Waals surface area contributed by atoms with E-state index < -0.39 is 0 Å². The lowest BCUT2D eigenvalue weighted by Crippen LogP contribution is -2.19. The highest BCUT2D eigenvalue weighted by Crippen LogP contribution is 2.28. The molecule has 0 radical (unpaired) electrons. The Morgan fingerprint density at radius 3 is 2.28 bits per heavy atom. The van der Waals surface area contributed by atoms with Crippen molar-refractivity contribution >= 4 is 50.0 Å². The van der Waals surface area contributed by atoms with Crippen LogP contribution >= 0.6 is 11.3 Å². The molecule has 7 heteroatoms. The van der Waals surface area contributed by atoms with Crippen molar-refractivity contribution in [3.8, 4) is 0 Å². The van der Waals surface area contributed by atoms with E-state index in [2.05, 4.69) is 20.9 Å². The van der Waals surface area contributed by atoms with Gasteiger partial charge in [0.25, 0.3) is 0 Å². The molecule has 0 spiro atoms. The molecule has 0 aliphatic rings. The molecule has 1 aromatic heterocycles. The third-order valence-electron chi connectivity index (χ3n) is 3.69. The number of hydrogen-bond acceptors (Lipinski definition) is 4. The maximum Gasteiger partial charge on any atom is 0.323 e. The van der Waals surface area contributed by atoms with E-state index in [9.17, 15) is 9.59 Å². The number of anilines is 3. The van der Waals surface area contributed by atoms with Gasteiger partial charge in [0.05, 0.1) is 10.2 Å². The molecule has 0 saturated carbocycles. The molecule has 3 amide bonds. The van der Waals surface area contributed by atoms with E-state index in [1.807, 2.05) is 44.2 Å². The number of aryl methyl sites for hydroxylation is 2. The number of carbonyl (C=O) groups excluding carboxylic acids is 2. The Hall–Kier alpha value is -2.93. The molecule has 0 unspecified atom stereocenters. The van der Waals surface area contributed by atoms with Crippen molar-refractivity contribution in [2.75, 3.05) is 16.0 Å². The lowest BCUT2D eigenvalue weighted by Gasteiger charge is -2.09. The van der Waals surface area contributed by atoms with Crippen LogP contribution in [-0.2, 0) is 4.79 Å². The minimum Gasteiger partial charge on any atom is -0.308 e. The summed E-state index contributed by atoms with van der Waals surface area (Å²) >= 11 is 1.36. The molecule has 0 fully saturated rings. The summed E-state index contributed by atoms with van der Waals surface area (Å²) in [4.78, 5) is 27.6. The number of nitrogens with zero attached hydrogens (tertiary/aromatic N) is 1. The average Bonchev–Trinajstić information content (AvgIpc) is 2.91. The summed E-state index contributed by atoms with van der Waals surface area (Å²) in [6.45, 7) is 5.47. The van der Waals surface area contributed by atoms with E-state index in [1.165, 1.54) is 23.8 Å². The number of amides is 3. The van der Waals surface area contributed by atoms with Gasteiger partial charge in [0.15, 0.2) is 5.13 Å². The first-order chi connectivity index (χ1) is 11.9. The van der Waals surface area contributed by atoms with Crippen LogP contribution in [0.4, 0.5) is 21.3 Å². The van der Waals surface area contributed by atoms with Crippen molar-refractivity contribution in [2.45, 2.75) is 20.8 Å². The smallest absolute Gasteiger partial charge is 0.308 e. The number of aromatic nitrogens is 1. The van der Waals surface area contributed by atoms with Gasteiger partial charge in [-0.25, -0.2) is 9.78 Å². The highest BCUT2D eigenvalue weighted by atomic mass is 32.1. The Kier molecular flexibility index (Phi) is 4.67. The molecule has 0 aliphatic heterocycles. The number of rotatable bonds is 3. The van der Waals surface area contributed by atoms with Crippen LogP contribution in [0.25, 0.3) is 10.2 Å². The van der Waals surface area contributed by atoms with Crippen molar-refractivity contribution in [3.63, 3.8) is 0 Å². The highest BCUT2D eigenvalue weighted by Gasteiger charge is 2.08. The predicted molar refractivity (Wildman–Crippen MR) is 102 cm³/mol. The van der Waals surface area contributed by atoms with Crippen LogP contribution in [0.5, 0.6) is 0 Å². The van der Waals surface area contributed by atoms with E-state index in [1.54, 1.807) is 6.07 Å². The van der Waals surface area contributed by atoms with Gasteiger partial charge in [-0.1, -0.05) is 17.4 Å². The van der Waals surface area contributed by atoms with Crippen LogP contribution in [-0.4, -0.2) is 16.9 Å². The zero-order valence-electron chi connectivity index (χ0n) is 14.1. The molecule has 128 valence electrons. The van der Waals surface area contributed by atoms with Gasteiger partial charge in [-0.15, -0.1) is 0 Å². The quantitative estimate of drug-likeness (QED) is 0.647. The molecular weight excluding hydrogens is 336 g/mol. The molecule has 0 saturated heterocycles. The molecule has 3 N–H and O–H groups in total. The number of urea groups is 1. The second-order valence-electron chi connectivity index (χ2n) is 5.76. The topological polar surface area (TPSA) is 83.1 Å². The van der Waals surface area contributed by atoms with Crippen molar-refractivity contribution in [2.24, 2.45) is 0 Å². The summed E-state index contributed by atoms with van der Waals surface area (Å²) in [5, 5.41) is 8.83. The molecule has 2 aromatic carbocycles. The van der Waals surface area contributed by atoms with Crippen molar-refractivity contribution in [1.29, 1.82) is 0 Å². The van der Waals surface area contributed by atoms with Crippen LogP contribution in [0.2, 0.25) is 0 Å². The largest absolute Gasteiger partial charge is 0.323 e. The van der Waals surface area contributed by atoms with Gasteiger partial charge in [0, 0.05) is 18.3 Å². The summed E-state index contributed by atoms with van der Waals surface area (Å²) in [6.07, 6.45) is 0. The van der Waals surface area contributed by atoms with Gasteiger partial charge in [0.1, 0.15) is 0 Å². The number of thiazole rings is 1. The van der Waals surface area contributed by atoms with Gasteiger partial charge >= 0.3 is 6.03 Å². The van der Waals surface area contributed by atoms with E-state index in [4.69, 9.17) is 0 Å². The SMILES string of the molecule is CC(=O)Nc1nc2ccc(NC(=O)Nc3ccc(C)c(C)c3)cc2s1. The molecule has 25 heavy (non-hydrogen) atoms. The van der Waals surface area contributed by atoms with Crippen LogP contribution < -0.4 is 16.0 Å². The van der Waals surface area contributed by atoms with Gasteiger partial charge in [-0.3, -0.25) is 4.79 Å². The van der Waals surface area contributed by atoms with E-state index >= 15 is 0 Å². The standard InChI is InChI=1S/C18H18N4O2S/c1-10-4-5-13(8-11(10)2)20-17(24)21-14-6-7-15-16(9-14)25-18(22-15)19-12(3)23/h4-9H,1-3H3,(H,19,22,23)(H2,20,21,24). The Labute approximate surface area is 149 Å². The fourth-order valence-electron chi connectivity index (χ4n) is 2.32. The Bertz CT molecular complexity index is 965. The van der Waals surface area contributed by atoms with Gasteiger partial charge in [0.2, 0.25) is 5.91 Å². The second-order valence-corrected chi connectivity index (χ2v) is 6.79. The molecular formula is C18H18N4O2S. The van der Waals surface area contributed by atoms with Gasteiger partial charge in [-0.05, 0) is 55.3 Å². The Balaban J connectivity index is 1.72. The number of fused-ring (bicyclic) bond motifs is 1. The minimum atomic E-state index is -0.311. The summed E-state index contributed by atoms with van der Waals surface area (Å²) < 4.78 is 0.882. The Morgan fingerprint density at radius 2 is 1.60 bits per heavy atom. The van der Waals surface area contributed by atoms with E-state index in [0.717, 1.165) is 21.5 Å². The monoisotopic (exact) mass is 354 g/mol. The predicted octanol–water partition coefficient (Wildman–Crippen LogP) is 4.52. The normalized spacial score (nSPS) is 10.5. The number of benzene rings is 2. The first-order valence-electron chi connectivity index (χ1n) is 7.74. The maximum absolute atomic E-state index is 12.2. The third kappa shape index (κ3) is 4.13. The fraction of sp³-hybridized carbons (Fsp3) is 0.167. The average molecular weight is 354 g/mol. The van der Waals surface area contributed by atoms with Gasteiger partial charge < -0.3 is 16.0 Å². The lowest BCUT2D eigenvalue weighted by molar-refractivity contribution is -0.114. The zero-order chi connectivity index (χ0) is 18.0. The summed E-state index contributed by atoms with van der Waals surface area (Å²) in [5.41, 5.74) is 4.47. The highest BCUT2D eigenvalue weighted by molar-refractivity contribution is 7.22. The van der Waals surface area contributed by atoms with E-state index in [0.29, 0.717) is 10.8 Å². The molecule has 1 heterocycles. The molecule has 0 aliphatic carbocycles. The summed E-state index contributed by atoms with van der Waals surface area (Å²) in [5.74, 6) is -0.162. The number of nitrogens with one attached hydrogen (secondary N) is 3. The fourth-order valence-corrected chi connectivity index (χ4v) is 3.27. The molecule has 6 nitrogen and oxygen atoms in total. The van der Waals surface area contributed by atoms with E-state index in [-0.39, 0.29) is 11.9 Å².